The molecule has 0 saturated carbocycles. The number of benzene rings is 2. The van der Waals surface area contributed by atoms with Crippen LogP contribution in [-0.4, -0.2) is 48.7 Å². The van der Waals surface area contributed by atoms with Gasteiger partial charge in [0.25, 0.3) is 5.91 Å². The first-order chi connectivity index (χ1) is 13.7. The van der Waals surface area contributed by atoms with Crippen LogP contribution in [0.2, 0.25) is 5.02 Å². The SMILES string of the molecule is COc1ccc(Cl)cc1C(=O)N1CCN(c2ccc(-n3cccc3)cc2)CC1. The van der Waals surface area contributed by atoms with Crippen LogP contribution >= 0.6 is 11.6 Å². The van der Waals surface area contributed by atoms with E-state index in [-0.39, 0.29) is 5.91 Å². The van der Waals surface area contributed by atoms with Gasteiger partial charge in [-0.25, -0.2) is 0 Å². The zero-order valence-electron chi connectivity index (χ0n) is 15.7. The summed E-state index contributed by atoms with van der Waals surface area (Å²) in [6.45, 7) is 2.90. The molecule has 0 bridgehead atoms. The number of rotatable bonds is 4. The predicted octanol–water partition coefficient (Wildman–Crippen LogP) is 4.10. The largest absolute Gasteiger partial charge is 0.496 e. The summed E-state index contributed by atoms with van der Waals surface area (Å²) in [6.07, 6.45) is 4.06. The van der Waals surface area contributed by atoms with E-state index in [0.29, 0.717) is 29.4 Å². The zero-order valence-corrected chi connectivity index (χ0v) is 16.5. The van der Waals surface area contributed by atoms with Crippen molar-refractivity contribution < 1.29 is 9.53 Å². The van der Waals surface area contributed by atoms with Crippen molar-refractivity contribution in [2.45, 2.75) is 0 Å². The highest BCUT2D eigenvalue weighted by molar-refractivity contribution is 6.31. The standard InChI is InChI=1S/C22H22ClN3O2/c1-28-21-9-4-17(23)16-20(21)22(27)26-14-12-25(13-15-26)19-7-5-18(6-8-19)24-10-2-3-11-24/h2-11,16H,12-15H2,1H3. The highest BCUT2D eigenvalue weighted by Crippen LogP contribution is 2.25. The molecule has 1 aliphatic heterocycles. The number of methoxy groups -OCH3 is 1. The Kier molecular flexibility index (Phi) is 5.26. The Morgan fingerprint density at radius 2 is 1.57 bits per heavy atom. The van der Waals surface area contributed by atoms with E-state index in [4.69, 9.17) is 16.3 Å². The highest BCUT2D eigenvalue weighted by atomic mass is 35.5. The first kappa shape index (κ1) is 18.4. The molecule has 0 spiro atoms. The number of halogens is 1. The fourth-order valence-electron chi connectivity index (χ4n) is 3.53. The fraction of sp³-hybridized carbons (Fsp3) is 0.227. The Morgan fingerprint density at radius 1 is 0.929 bits per heavy atom. The van der Waals surface area contributed by atoms with Gasteiger partial charge in [0, 0.05) is 55.0 Å². The maximum absolute atomic E-state index is 12.9. The Morgan fingerprint density at radius 3 is 2.21 bits per heavy atom. The lowest BCUT2D eigenvalue weighted by molar-refractivity contribution is 0.0743. The van der Waals surface area contributed by atoms with Crippen molar-refractivity contribution >= 4 is 23.2 Å². The van der Waals surface area contributed by atoms with E-state index in [0.717, 1.165) is 18.8 Å². The quantitative estimate of drug-likeness (QED) is 0.667. The Balaban J connectivity index is 1.42. The number of hydrogen-bond acceptors (Lipinski definition) is 3. The molecule has 5 nitrogen and oxygen atoms in total. The highest BCUT2D eigenvalue weighted by Gasteiger charge is 2.24. The molecule has 0 aliphatic carbocycles. The number of ether oxygens (including phenoxy) is 1. The van der Waals surface area contributed by atoms with Crippen molar-refractivity contribution in [3.63, 3.8) is 0 Å². The van der Waals surface area contributed by atoms with Crippen LogP contribution in [0.25, 0.3) is 5.69 Å². The van der Waals surface area contributed by atoms with E-state index in [1.54, 1.807) is 25.3 Å². The molecule has 2 heterocycles. The lowest BCUT2D eigenvalue weighted by Gasteiger charge is -2.36. The summed E-state index contributed by atoms with van der Waals surface area (Å²) in [5.41, 5.74) is 2.82. The van der Waals surface area contributed by atoms with E-state index in [1.807, 2.05) is 29.4 Å². The Bertz CT molecular complexity index is 946. The maximum Gasteiger partial charge on any atom is 0.257 e. The lowest BCUT2D eigenvalue weighted by atomic mass is 10.1. The van der Waals surface area contributed by atoms with Gasteiger partial charge in [-0.1, -0.05) is 11.6 Å². The van der Waals surface area contributed by atoms with E-state index in [2.05, 4.69) is 33.7 Å². The molecule has 1 aromatic heterocycles. The summed E-state index contributed by atoms with van der Waals surface area (Å²) in [4.78, 5) is 17.1. The molecule has 1 aliphatic rings. The number of aromatic nitrogens is 1. The molecule has 0 N–H and O–H groups in total. The van der Waals surface area contributed by atoms with Crippen molar-refractivity contribution in [3.05, 3.63) is 77.6 Å². The molecular formula is C22H22ClN3O2. The summed E-state index contributed by atoms with van der Waals surface area (Å²) < 4.78 is 7.41. The van der Waals surface area contributed by atoms with Crippen molar-refractivity contribution in [2.24, 2.45) is 0 Å². The number of carbonyl (C=O) groups excluding carboxylic acids is 1. The van der Waals surface area contributed by atoms with Crippen molar-refractivity contribution in [1.29, 1.82) is 0 Å². The molecule has 0 radical (unpaired) electrons. The van der Waals surface area contributed by atoms with Crippen molar-refractivity contribution in [3.8, 4) is 11.4 Å². The Hall–Kier alpha value is -2.92. The zero-order chi connectivity index (χ0) is 19.5. The molecule has 28 heavy (non-hydrogen) atoms. The molecule has 2 aromatic carbocycles. The van der Waals surface area contributed by atoms with Crippen molar-refractivity contribution in [2.75, 3.05) is 38.2 Å². The van der Waals surface area contributed by atoms with Gasteiger partial charge in [0.05, 0.1) is 12.7 Å². The number of hydrogen-bond donors (Lipinski definition) is 0. The molecule has 0 unspecified atom stereocenters. The van der Waals surface area contributed by atoms with Crippen LogP contribution in [0.3, 0.4) is 0 Å². The van der Waals surface area contributed by atoms with Gasteiger partial charge in [0.1, 0.15) is 5.75 Å². The van der Waals surface area contributed by atoms with Gasteiger partial charge in [-0.15, -0.1) is 0 Å². The normalized spacial score (nSPS) is 14.2. The third-order valence-electron chi connectivity index (χ3n) is 5.08. The first-order valence-electron chi connectivity index (χ1n) is 9.27. The third-order valence-corrected chi connectivity index (χ3v) is 5.31. The van der Waals surface area contributed by atoms with E-state index < -0.39 is 0 Å². The fourth-order valence-corrected chi connectivity index (χ4v) is 3.70. The Labute approximate surface area is 169 Å². The van der Waals surface area contributed by atoms with Crippen molar-refractivity contribution in [1.82, 2.24) is 9.47 Å². The van der Waals surface area contributed by atoms with Gasteiger partial charge in [0.2, 0.25) is 0 Å². The minimum Gasteiger partial charge on any atom is -0.496 e. The summed E-state index contributed by atoms with van der Waals surface area (Å²) in [7, 11) is 1.56. The van der Waals surface area contributed by atoms with Crippen LogP contribution in [0.1, 0.15) is 10.4 Å². The first-order valence-corrected chi connectivity index (χ1v) is 9.64. The van der Waals surface area contributed by atoms with Crippen LogP contribution < -0.4 is 9.64 Å². The van der Waals surface area contributed by atoms with Crippen LogP contribution in [-0.2, 0) is 0 Å². The predicted molar refractivity (Wildman–Crippen MR) is 112 cm³/mol. The minimum atomic E-state index is -0.0399. The summed E-state index contributed by atoms with van der Waals surface area (Å²) in [5.74, 6) is 0.513. The molecule has 4 rings (SSSR count). The molecule has 1 fully saturated rings. The summed E-state index contributed by atoms with van der Waals surface area (Å²) in [6, 6.07) is 17.7. The van der Waals surface area contributed by atoms with E-state index in [1.165, 1.54) is 5.69 Å². The van der Waals surface area contributed by atoms with Crippen LogP contribution in [0.15, 0.2) is 67.0 Å². The summed E-state index contributed by atoms with van der Waals surface area (Å²) >= 11 is 6.07. The average Bonchev–Trinajstić information content (AvgIpc) is 3.28. The maximum atomic E-state index is 12.9. The van der Waals surface area contributed by atoms with Gasteiger partial charge in [-0.05, 0) is 54.6 Å². The second-order valence-electron chi connectivity index (χ2n) is 6.73. The molecule has 144 valence electrons. The van der Waals surface area contributed by atoms with Gasteiger partial charge >= 0.3 is 0 Å². The van der Waals surface area contributed by atoms with Gasteiger partial charge < -0.3 is 19.1 Å². The second kappa shape index (κ2) is 7.98. The number of carbonyl (C=O) groups is 1. The number of nitrogens with zero attached hydrogens (tertiary/aromatic N) is 3. The molecular weight excluding hydrogens is 374 g/mol. The van der Waals surface area contributed by atoms with E-state index >= 15 is 0 Å². The van der Waals surface area contributed by atoms with Crippen LogP contribution in [0.5, 0.6) is 5.75 Å². The lowest BCUT2D eigenvalue weighted by Crippen LogP contribution is -2.48. The van der Waals surface area contributed by atoms with Crippen LogP contribution in [0, 0.1) is 0 Å². The molecule has 6 heteroatoms. The summed E-state index contributed by atoms with van der Waals surface area (Å²) in [5, 5.41) is 0.533. The molecule has 1 amide bonds. The van der Waals surface area contributed by atoms with E-state index in [9.17, 15) is 4.79 Å². The average molecular weight is 396 g/mol. The molecule has 1 saturated heterocycles. The van der Waals surface area contributed by atoms with Gasteiger partial charge in [-0.2, -0.15) is 0 Å². The monoisotopic (exact) mass is 395 g/mol. The molecule has 0 atom stereocenters. The number of piperazine rings is 1. The smallest absolute Gasteiger partial charge is 0.257 e. The molecule has 3 aromatic rings. The van der Waals surface area contributed by atoms with Gasteiger partial charge in [0.15, 0.2) is 0 Å². The van der Waals surface area contributed by atoms with Crippen LogP contribution in [0.4, 0.5) is 5.69 Å². The minimum absolute atomic E-state index is 0.0399. The second-order valence-corrected chi connectivity index (χ2v) is 7.17. The van der Waals surface area contributed by atoms with Gasteiger partial charge in [-0.3, -0.25) is 4.79 Å². The topological polar surface area (TPSA) is 37.7 Å². The third kappa shape index (κ3) is 3.71. The number of anilines is 1. The number of amides is 1.